The molecule has 1 saturated heterocycles. The Hall–Kier alpha value is -2.68. The lowest BCUT2D eigenvalue weighted by Gasteiger charge is -2.34. The first-order valence-corrected chi connectivity index (χ1v) is 10.4. The topological polar surface area (TPSA) is 55.9 Å². The van der Waals surface area contributed by atoms with Gasteiger partial charge >= 0.3 is 0 Å². The van der Waals surface area contributed by atoms with Crippen LogP contribution in [0.25, 0.3) is 11.5 Å². The maximum atomic E-state index is 5.75. The Morgan fingerprint density at radius 2 is 1.63 bits per heavy atom. The average molecular weight is 427 g/mol. The van der Waals surface area contributed by atoms with Crippen molar-refractivity contribution in [3.05, 3.63) is 58.9 Å². The summed E-state index contributed by atoms with van der Waals surface area (Å²) in [6.45, 7) is 5.57. The number of methoxy groups -OCH3 is 2. The van der Waals surface area contributed by atoms with Gasteiger partial charge in [0, 0.05) is 38.3 Å². The Morgan fingerprint density at radius 1 is 0.933 bits per heavy atom. The zero-order valence-corrected chi connectivity index (χ0v) is 18.1. The Morgan fingerprint density at radius 3 is 2.33 bits per heavy atom. The molecule has 0 N–H and O–H groups in total. The molecular weight excluding hydrogens is 400 g/mol. The van der Waals surface area contributed by atoms with Gasteiger partial charge in [0.25, 0.3) is 4.84 Å². The first kappa shape index (κ1) is 20.6. The maximum Gasteiger partial charge on any atom is 0.288 e. The predicted molar refractivity (Wildman–Crippen MR) is 117 cm³/mol. The van der Waals surface area contributed by atoms with Crippen molar-refractivity contribution in [2.45, 2.75) is 13.2 Å². The molecular formula is C22H26N4O3S. The molecule has 7 nitrogen and oxygen atoms in total. The van der Waals surface area contributed by atoms with Gasteiger partial charge in [0.05, 0.1) is 20.9 Å². The molecule has 8 heteroatoms. The lowest BCUT2D eigenvalue weighted by molar-refractivity contribution is 0.0974. The first-order chi connectivity index (χ1) is 14.7. The van der Waals surface area contributed by atoms with Crippen molar-refractivity contribution in [2.75, 3.05) is 40.4 Å². The fraction of sp³-hybridized carbons (Fsp3) is 0.364. The molecule has 2 heterocycles. The van der Waals surface area contributed by atoms with Crippen molar-refractivity contribution < 1.29 is 13.9 Å². The van der Waals surface area contributed by atoms with Gasteiger partial charge in [-0.1, -0.05) is 30.3 Å². The molecule has 0 bridgehead atoms. The second kappa shape index (κ2) is 9.42. The van der Waals surface area contributed by atoms with E-state index in [1.807, 2.05) is 18.2 Å². The first-order valence-electron chi connectivity index (χ1n) is 9.95. The molecule has 158 valence electrons. The van der Waals surface area contributed by atoms with Crippen LogP contribution in [-0.4, -0.2) is 60.0 Å². The van der Waals surface area contributed by atoms with E-state index < -0.39 is 0 Å². The quantitative estimate of drug-likeness (QED) is 0.534. The molecule has 30 heavy (non-hydrogen) atoms. The van der Waals surface area contributed by atoms with E-state index >= 15 is 0 Å². The summed E-state index contributed by atoms with van der Waals surface area (Å²) in [5.74, 6) is 1.76. The number of hydrogen-bond donors (Lipinski definition) is 0. The molecule has 0 amide bonds. The molecule has 4 rings (SSSR count). The summed E-state index contributed by atoms with van der Waals surface area (Å²) in [5, 5.41) is 4.59. The molecule has 0 aliphatic carbocycles. The summed E-state index contributed by atoms with van der Waals surface area (Å²) >= 11 is 5.40. The van der Waals surface area contributed by atoms with E-state index in [4.69, 9.17) is 26.1 Å². The number of hydrogen-bond acceptors (Lipinski definition) is 7. The molecule has 0 atom stereocenters. The molecule has 1 aliphatic rings. The zero-order valence-electron chi connectivity index (χ0n) is 17.3. The number of rotatable bonds is 7. The van der Waals surface area contributed by atoms with E-state index in [2.05, 4.69) is 45.2 Å². The number of piperazine rings is 1. The Kier molecular flexibility index (Phi) is 6.47. The molecule has 3 aromatic rings. The summed E-state index contributed by atoms with van der Waals surface area (Å²) in [6, 6.07) is 16.1. The summed E-state index contributed by atoms with van der Waals surface area (Å²) in [5.41, 5.74) is 2.15. The van der Waals surface area contributed by atoms with Gasteiger partial charge in [0.2, 0.25) is 5.89 Å². The van der Waals surface area contributed by atoms with Crippen LogP contribution in [0.1, 0.15) is 5.56 Å². The SMILES string of the molecule is COc1ccc(-c2nn(CN3CCN(Cc4ccccc4)CC3)c(=S)o2)cc1OC. The van der Waals surface area contributed by atoms with Crippen molar-refractivity contribution >= 4 is 12.2 Å². The van der Waals surface area contributed by atoms with Crippen molar-refractivity contribution in [3.8, 4) is 23.0 Å². The molecule has 1 fully saturated rings. The third kappa shape index (κ3) is 4.72. The van der Waals surface area contributed by atoms with Crippen LogP contribution in [0.3, 0.4) is 0 Å². The monoisotopic (exact) mass is 426 g/mol. The van der Waals surface area contributed by atoms with E-state index in [1.165, 1.54) is 5.56 Å². The van der Waals surface area contributed by atoms with Crippen molar-refractivity contribution in [2.24, 2.45) is 0 Å². The third-order valence-electron chi connectivity index (χ3n) is 5.28. The van der Waals surface area contributed by atoms with Gasteiger partial charge in [-0.15, -0.1) is 5.10 Å². The molecule has 1 aliphatic heterocycles. The normalized spacial score (nSPS) is 15.3. The van der Waals surface area contributed by atoms with Crippen LogP contribution in [0.2, 0.25) is 0 Å². The fourth-order valence-corrected chi connectivity index (χ4v) is 3.78. The van der Waals surface area contributed by atoms with E-state index in [0.717, 1.165) is 38.3 Å². The summed E-state index contributed by atoms with van der Waals surface area (Å²) in [6.07, 6.45) is 0. The summed E-state index contributed by atoms with van der Waals surface area (Å²) < 4.78 is 18.2. The van der Waals surface area contributed by atoms with Crippen LogP contribution >= 0.6 is 12.2 Å². The van der Waals surface area contributed by atoms with Crippen LogP contribution in [-0.2, 0) is 13.2 Å². The number of benzene rings is 2. The predicted octanol–water partition coefficient (Wildman–Crippen LogP) is 3.67. The lowest BCUT2D eigenvalue weighted by atomic mass is 10.2. The zero-order chi connectivity index (χ0) is 20.9. The second-order valence-corrected chi connectivity index (χ2v) is 7.61. The largest absolute Gasteiger partial charge is 0.493 e. The molecule has 0 radical (unpaired) electrons. The highest BCUT2D eigenvalue weighted by molar-refractivity contribution is 7.71. The molecule has 1 aromatic heterocycles. The second-order valence-electron chi connectivity index (χ2n) is 7.26. The van der Waals surface area contributed by atoms with Gasteiger partial charge < -0.3 is 13.9 Å². The van der Waals surface area contributed by atoms with Crippen molar-refractivity contribution in [1.29, 1.82) is 0 Å². The smallest absolute Gasteiger partial charge is 0.288 e. The number of nitrogens with zero attached hydrogens (tertiary/aromatic N) is 4. The number of aromatic nitrogens is 2. The summed E-state index contributed by atoms with van der Waals surface area (Å²) in [7, 11) is 3.21. The maximum absolute atomic E-state index is 5.75. The minimum absolute atomic E-state index is 0.367. The van der Waals surface area contributed by atoms with Gasteiger partial charge in [-0.2, -0.15) is 0 Å². The van der Waals surface area contributed by atoms with E-state index in [0.29, 0.717) is 28.9 Å². The van der Waals surface area contributed by atoms with Gasteiger partial charge in [-0.25, -0.2) is 4.68 Å². The molecule has 0 spiro atoms. The van der Waals surface area contributed by atoms with Crippen LogP contribution in [0.5, 0.6) is 11.5 Å². The Bertz CT molecular complexity index is 1030. The van der Waals surface area contributed by atoms with Crippen LogP contribution in [0, 0.1) is 4.84 Å². The summed E-state index contributed by atoms with van der Waals surface area (Å²) in [4.78, 5) is 5.19. The van der Waals surface area contributed by atoms with Gasteiger partial charge in [-0.3, -0.25) is 9.80 Å². The Labute approximate surface area is 181 Å². The fourth-order valence-electron chi connectivity index (χ4n) is 3.60. The minimum atomic E-state index is 0.367. The standard InChI is InChI=1S/C22H26N4O3S/c1-27-19-9-8-18(14-20(19)28-2)21-23-26(22(30)29-21)16-25-12-10-24(11-13-25)15-17-6-4-3-5-7-17/h3-9,14H,10-13,15-16H2,1-2H3. The highest BCUT2D eigenvalue weighted by Crippen LogP contribution is 2.31. The average Bonchev–Trinajstić information content (AvgIpc) is 3.15. The van der Waals surface area contributed by atoms with Gasteiger partial charge in [0.15, 0.2) is 11.5 Å². The number of ether oxygens (including phenoxy) is 2. The minimum Gasteiger partial charge on any atom is -0.493 e. The lowest BCUT2D eigenvalue weighted by Crippen LogP contribution is -2.46. The van der Waals surface area contributed by atoms with E-state index in [-0.39, 0.29) is 0 Å². The van der Waals surface area contributed by atoms with Crippen LogP contribution in [0.4, 0.5) is 0 Å². The van der Waals surface area contributed by atoms with E-state index in [1.54, 1.807) is 18.9 Å². The van der Waals surface area contributed by atoms with E-state index in [9.17, 15) is 0 Å². The highest BCUT2D eigenvalue weighted by Gasteiger charge is 2.19. The van der Waals surface area contributed by atoms with Gasteiger partial charge in [0.1, 0.15) is 0 Å². The molecule has 2 aromatic carbocycles. The highest BCUT2D eigenvalue weighted by atomic mass is 32.1. The molecule has 0 unspecified atom stereocenters. The molecule has 0 saturated carbocycles. The van der Waals surface area contributed by atoms with Crippen LogP contribution in [0.15, 0.2) is 52.9 Å². The third-order valence-corrected chi connectivity index (χ3v) is 5.58. The van der Waals surface area contributed by atoms with Gasteiger partial charge in [-0.05, 0) is 36.0 Å². The Balaban J connectivity index is 1.38. The van der Waals surface area contributed by atoms with Crippen molar-refractivity contribution in [1.82, 2.24) is 19.6 Å². The van der Waals surface area contributed by atoms with Crippen LogP contribution < -0.4 is 9.47 Å². The van der Waals surface area contributed by atoms with Crippen molar-refractivity contribution in [3.63, 3.8) is 0 Å².